The van der Waals surface area contributed by atoms with E-state index in [0.29, 0.717) is 6.42 Å². The third-order valence-corrected chi connectivity index (χ3v) is 5.29. The van der Waals surface area contributed by atoms with Gasteiger partial charge in [0.25, 0.3) is 0 Å². The van der Waals surface area contributed by atoms with Crippen molar-refractivity contribution >= 4 is 11.9 Å². The van der Waals surface area contributed by atoms with Crippen LogP contribution in [0.25, 0.3) is 0 Å². The van der Waals surface area contributed by atoms with E-state index in [1.807, 2.05) is 0 Å². The molecule has 31 heavy (non-hydrogen) atoms. The molecule has 8 heteroatoms. The van der Waals surface area contributed by atoms with Gasteiger partial charge in [0.05, 0.1) is 26.9 Å². The summed E-state index contributed by atoms with van der Waals surface area (Å²) < 4.78 is 87.0. The summed E-state index contributed by atoms with van der Waals surface area (Å²) in [5.41, 5.74) is 0.255. The standard InChI is InChI=1S/C23H36O7.Na/c1-4-13(2)23(29)30-20-11-17(25)9-15-6-5-14(3)19(22(15)20)8-7-16(24)10-18(26)12-21(27)28;/h5-6,9,13-14,16-20,22,24-26H,4,7-8,10-12H2,1-3H3,(H,27,28);/q;+1/p-1/t13-,14-,16+,17+,18+,19-,20-,22-;/m0./s1/i7D2,8D2,10D2,12D2,16D,18D;. The second-order valence-corrected chi connectivity index (χ2v) is 7.53. The number of allylic oxidation sites excluding steroid dienone is 2. The fourth-order valence-electron chi connectivity index (χ4n) is 3.51. The van der Waals surface area contributed by atoms with Crippen LogP contribution in [-0.4, -0.2) is 51.6 Å². The molecule has 0 heterocycles. The zero-order valence-electron chi connectivity index (χ0n) is 28.1. The largest absolute Gasteiger partial charge is 1.00 e. The minimum Gasteiger partial charge on any atom is -0.550 e. The Kier molecular flexibility index (Phi) is 6.78. The molecule has 0 unspecified atom stereocenters. The van der Waals surface area contributed by atoms with E-state index in [1.54, 1.807) is 13.8 Å². The normalized spacial score (nSPS) is 38.9. The average molecular weight is 457 g/mol. The van der Waals surface area contributed by atoms with Crippen molar-refractivity contribution in [2.24, 2.45) is 23.7 Å². The van der Waals surface area contributed by atoms with E-state index in [0.717, 1.165) is 0 Å². The van der Waals surface area contributed by atoms with Gasteiger partial charge < -0.3 is 30.0 Å². The number of fused-ring (bicyclic) bond motifs is 1. The van der Waals surface area contributed by atoms with Crippen molar-refractivity contribution in [1.29, 1.82) is 0 Å². The Balaban J connectivity index is 0.00000840. The quantitative estimate of drug-likeness (QED) is 0.259. The minimum absolute atomic E-state index is 0. The molecule has 3 N–H and O–H groups in total. The number of esters is 1. The number of hydrogen-bond acceptors (Lipinski definition) is 7. The van der Waals surface area contributed by atoms with Crippen molar-refractivity contribution in [3.63, 3.8) is 0 Å². The Morgan fingerprint density at radius 1 is 1.39 bits per heavy atom. The topological polar surface area (TPSA) is 127 Å². The number of aliphatic hydroxyl groups is 3. The van der Waals surface area contributed by atoms with Crippen molar-refractivity contribution in [2.45, 2.75) is 83.5 Å². The number of hydrogen-bond donors (Lipinski definition) is 3. The molecule has 0 radical (unpaired) electrons. The van der Waals surface area contributed by atoms with E-state index < -0.39 is 85.5 Å². The molecule has 0 amide bonds. The summed E-state index contributed by atoms with van der Waals surface area (Å²) in [6, 6.07) is 0. The van der Waals surface area contributed by atoms with Gasteiger partial charge in [0.15, 0.2) is 0 Å². The monoisotopic (exact) mass is 456 g/mol. The van der Waals surface area contributed by atoms with E-state index in [4.69, 9.17) is 18.4 Å². The summed E-state index contributed by atoms with van der Waals surface area (Å²) in [5.74, 6) is -7.69. The molecule has 2 rings (SSSR count). The summed E-state index contributed by atoms with van der Waals surface area (Å²) in [7, 11) is 0. The maximum Gasteiger partial charge on any atom is 1.00 e. The van der Waals surface area contributed by atoms with Crippen LogP contribution < -0.4 is 34.7 Å². The fourth-order valence-corrected chi connectivity index (χ4v) is 3.51. The molecule has 0 saturated heterocycles. The number of carboxylic acids is 1. The van der Waals surface area contributed by atoms with Gasteiger partial charge in [-0.25, -0.2) is 0 Å². The molecule has 170 valence electrons. The van der Waals surface area contributed by atoms with Crippen molar-refractivity contribution in [3.05, 3.63) is 23.8 Å². The van der Waals surface area contributed by atoms with Gasteiger partial charge in [0.2, 0.25) is 0 Å². The second-order valence-electron chi connectivity index (χ2n) is 7.53. The van der Waals surface area contributed by atoms with Crippen molar-refractivity contribution in [2.75, 3.05) is 0 Å². The van der Waals surface area contributed by atoms with Gasteiger partial charge in [-0.3, -0.25) is 4.79 Å². The Morgan fingerprint density at radius 2 is 2.06 bits per heavy atom. The van der Waals surface area contributed by atoms with Crippen LogP contribution in [0.4, 0.5) is 0 Å². The molecule has 0 fully saturated rings. The number of aliphatic hydroxyl groups excluding tert-OH is 1. The van der Waals surface area contributed by atoms with Crippen molar-refractivity contribution in [1.82, 2.24) is 0 Å². The van der Waals surface area contributed by atoms with Gasteiger partial charge in [-0.1, -0.05) is 39.0 Å². The van der Waals surface area contributed by atoms with E-state index >= 15 is 0 Å². The van der Waals surface area contributed by atoms with Crippen LogP contribution in [0.2, 0.25) is 0 Å². The Bertz CT molecular complexity index is 1060. The van der Waals surface area contributed by atoms with Crippen LogP contribution in [-0.2, 0) is 14.3 Å². The van der Waals surface area contributed by atoms with Crippen molar-refractivity contribution in [3.8, 4) is 0 Å². The van der Waals surface area contributed by atoms with Crippen LogP contribution in [0.5, 0.6) is 0 Å². The zero-order valence-corrected chi connectivity index (χ0v) is 20.1. The molecule has 0 aliphatic heterocycles. The van der Waals surface area contributed by atoms with E-state index in [1.165, 1.54) is 25.2 Å². The number of rotatable bonds is 10. The maximum absolute atomic E-state index is 12.6. The van der Waals surface area contributed by atoms with E-state index in [-0.39, 0.29) is 41.6 Å². The molecule has 8 atom stereocenters. The number of ether oxygens (including phenoxy) is 1. The first-order chi connectivity index (χ1) is 17.8. The van der Waals surface area contributed by atoms with E-state index in [9.17, 15) is 30.0 Å². The van der Waals surface area contributed by atoms with Gasteiger partial charge in [0, 0.05) is 35.6 Å². The van der Waals surface area contributed by atoms with Gasteiger partial charge in [-0.15, -0.1) is 0 Å². The van der Waals surface area contributed by atoms with Gasteiger partial charge >= 0.3 is 35.5 Å². The predicted molar refractivity (Wildman–Crippen MR) is 109 cm³/mol. The molecule has 7 nitrogen and oxygen atoms in total. The molecule has 0 aromatic rings. The molecular weight excluding hydrogens is 411 g/mol. The Labute approximate surface area is 220 Å². The van der Waals surface area contributed by atoms with Crippen LogP contribution in [0.15, 0.2) is 23.8 Å². The summed E-state index contributed by atoms with van der Waals surface area (Å²) >= 11 is 0. The molecule has 0 aromatic heterocycles. The molecule has 2 aliphatic rings. The Hall–Kier alpha value is -0.700. The van der Waals surface area contributed by atoms with Gasteiger partial charge in [0.1, 0.15) is 6.10 Å². The third-order valence-electron chi connectivity index (χ3n) is 5.29. The zero-order chi connectivity index (χ0) is 31.4. The molecule has 0 saturated carbocycles. The summed E-state index contributed by atoms with van der Waals surface area (Å²) in [6.45, 7) is 4.78. The predicted octanol–water partition coefficient (Wildman–Crippen LogP) is -1.89. The van der Waals surface area contributed by atoms with Gasteiger partial charge in [-0.2, -0.15) is 0 Å². The number of carbonyl (C=O) groups excluding carboxylic acids is 2. The third kappa shape index (κ3) is 8.30. The average Bonchev–Trinajstić information content (AvgIpc) is 2.82. The first-order valence-electron chi connectivity index (χ1n) is 14.8. The first kappa shape index (κ1) is 16.0. The number of carbonyl (C=O) groups is 2. The fraction of sp³-hybridized carbons (Fsp3) is 0.739. The second kappa shape index (κ2) is 13.1. The Morgan fingerprint density at radius 3 is 2.68 bits per heavy atom. The van der Waals surface area contributed by atoms with Crippen LogP contribution in [0, 0.1) is 23.7 Å². The van der Waals surface area contributed by atoms with Crippen LogP contribution in [0.3, 0.4) is 0 Å². The van der Waals surface area contributed by atoms with Crippen LogP contribution >= 0.6 is 0 Å². The van der Waals surface area contributed by atoms with Crippen LogP contribution in [0.1, 0.15) is 72.8 Å². The smallest absolute Gasteiger partial charge is 0.550 e. The van der Waals surface area contributed by atoms with Crippen molar-refractivity contribution < 1.29 is 78.0 Å². The minimum atomic E-state index is -4.54. The summed E-state index contributed by atoms with van der Waals surface area (Å²) in [4.78, 5) is 23.9. The number of aliphatic carboxylic acids is 1. The first-order valence-corrected chi connectivity index (χ1v) is 9.79. The maximum atomic E-state index is 12.6. The molecule has 2 aliphatic carbocycles. The van der Waals surface area contributed by atoms with E-state index in [2.05, 4.69) is 0 Å². The van der Waals surface area contributed by atoms with Gasteiger partial charge in [-0.05, 0) is 42.9 Å². The summed E-state index contributed by atoms with van der Waals surface area (Å²) in [5, 5.41) is 42.8. The summed E-state index contributed by atoms with van der Waals surface area (Å²) in [6.07, 6.45) is -23.1. The molecular formula is C23H35NaO7. The molecule has 0 aromatic carbocycles. The molecule has 0 spiro atoms. The molecule has 0 bridgehead atoms. The SMILES string of the molecule is [2H]C([2H])([C@@H]1[C@@H]2C(=C[C@@H](O)C[C@@H]2OC(=O)[C@@H](C)CC)C=C[C@@H]1C)C([2H])([2H])[C@@]([2H])(O)C([2H])([2H])[C@@]([2H])(O)C([2H])([2H])C(=O)[O-].[Na+]. The number of carboxylic acid groups (broad SMARTS) is 1.